The third-order valence-corrected chi connectivity index (χ3v) is 3.04. The molecule has 0 saturated carbocycles. The summed E-state index contributed by atoms with van der Waals surface area (Å²) < 4.78 is 0.513. The van der Waals surface area contributed by atoms with E-state index in [0.717, 1.165) is 0 Å². The van der Waals surface area contributed by atoms with Crippen molar-refractivity contribution in [2.45, 2.75) is 19.4 Å². The molecule has 1 rings (SSSR count). The highest BCUT2D eigenvalue weighted by atomic mass is 79.9. The number of anilines is 1. The molecule has 0 radical (unpaired) electrons. The number of nitrogens with one attached hydrogen (secondary N) is 2. The first-order valence-corrected chi connectivity index (χ1v) is 6.45. The predicted octanol–water partition coefficient (Wildman–Crippen LogP) is 3.23. The van der Waals surface area contributed by atoms with E-state index >= 15 is 0 Å². The van der Waals surface area contributed by atoms with Crippen molar-refractivity contribution in [1.29, 1.82) is 0 Å². The van der Waals surface area contributed by atoms with E-state index in [-0.39, 0.29) is 17.3 Å². The Balaban J connectivity index is 2.84. The summed E-state index contributed by atoms with van der Waals surface area (Å²) in [5.74, 6) is -1.10. The molecule has 2 amide bonds. The fourth-order valence-electron chi connectivity index (χ4n) is 1.51. The van der Waals surface area contributed by atoms with Crippen LogP contribution in [0.1, 0.15) is 23.7 Å². The number of halogens is 1. The summed E-state index contributed by atoms with van der Waals surface area (Å²) in [6.45, 7) is 5.42. The first-order valence-electron chi connectivity index (χ1n) is 5.66. The third-order valence-electron chi connectivity index (χ3n) is 2.38. The van der Waals surface area contributed by atoms with E-state index in [1.165, 1.54) is 6.07 Å². The summed E-state index contributed by atoms with van der Waals surface area (Å²) in [6.07, 6.45) is 2.33. The second-order valence-electron chi connectivity index (χ2n) is 3.99. The molecule has 0 saturated heterocycles. The van der Waals surface area contributed by atoms with Gasteiger partial charge in [-0.1, -0.05) is 12.1 Å². The predicted molar refractivity (Wildman–Crippen MR) is 77.5 cm³/mol. The van der Waals surface area contributed by atoms with Crippen molar-refractivity contribution in [3.8, 4) is 0 Å². The number of carboxylic acid groups (broad SMARTS) is 1. The Morgan fingerprint density at radius 1 is 1.53 bits per heavy atom. The van der Waals surface area contributed by atoms with Crippen LogP contribution in [0, 0.1) is 0 Å². The molecule has 5 nitrogen and oxygen atoms in total. The molecule has 1 unspecified atom stereocenters. The average molecular weight is 327 g/mol. The number of rotatable bonds is 5. The van der Waals surface area contributed by atoms with Crippen LogP contribution in [-0.4, -0.2) is 23.1 Å². The molecule has 0 aliphatic heterocycles. The number of amides is 2. The van der Waals surface area contributed by atoms with Crippen LogP contribution >= 0.6 is 15.9 Å². The second-order valence-corrected chi connectivity index (χ2v) is 4.85. The summed E-state index contributed by atoms with van der Waals surface area (Å²) in [5, 5.41) is 14.3. The van der Waals surface area contributed by atoms with E-state index in [4.69, 9.17) is 5.11 Å². The van der Waals surface area contributed by atoms with Crippen LogP contribution in [0.2, 0.25) is 0 Å². The van der Waals surface area contributed by atoms with Gasteiger partial charge in [0.05, 0.1) is 11.3 Å². The minimum Gasteiger partial charge on any atom is -0.478 e. The third kappa shape index (κ3) is 4.40. The van der Waals surface area contributed by atoms with Crippen molar-refractivity contribution in [2.24, 2.45) is 0 Å². The Bertz CT molecular complexity index is 503. The number of carbonyl (C=O) groups excluding carboxylic acids is 1. The van der Waals surface area contributed by atoms with Crippen molar-refractivity contribution < 1.29 is 14.7 Å². The van der Waals surface area contributed by atoms with Crippen LogP contribution in [0.5, 0.6) is 0 Å². The van der Waals surface area contributed by atoms with Gasteiger partial charge >= 0.3 is 12.0 Å². The monoisotopic (exact) mass is 326 g/mol. The lowest BCUT2D eigenvalue weighted by molar-refractivity contribution is 0.0698. The molecule has 0 aliphatic rings. The topological polar surface area (TPSA) is 78.4 Å². The molecule has 0 bridgehead atoms. The number of urea groups is 1. The fourth-order valence-corrected chi connectivity index (χ4v) is 1.98. The van der Waals surface area contributed by atoms with Gasteiger partial charge in [0.15, 0.2) is 0 Å². The normalized spacial score (nSPS) is 11.5. The molecule has 102 valence electrons. The highest BCUT2D eigenvalue weighted by Gasteiger charge is 2.15. The first-order chi connectivity index (χ1) is 8.95. The second kappa shape index (κ2) is 6.94. The Hall–Kier alpha value is -1.82. The van der Waals surface area contributed by atoms with Crippen LogP contribution in [0.3, 0.4) is 0 Å². The van der Waals surface area contributed by atoms with E-state index in [1.807, 2.05) is 6.92 Å². The van der Waals surface area contributed by atoms with E-state index in [9.17, 15) is 9.59 Å². The average Bonchev–Trinajstić information content (AvgIpc) is 2.31. The first kappa shape index (κ1) is 15.2. The van der Waals surface area contributed by atoms with Crippen LogP contribution in [0.25, 0.3) is 0 Å². The molecule has 0 aliphatic carbocycles. The maximum Gasteiger partial charge on any atom is 0.337 e. The van der Waals surface area contributed by atoms with Gasteiger partial charge in [-0.25, -0.2) is 9.59 Å². The zero-order valence-electron chi connectivity index (χ0n) is 10.4. The number of carboxylic acids is 1. The van der Waals surface area contributed by atoms with Gasteiger partial charge in [0.1, 0.15) is 0 Å². The number of carbonyl (C=O) groups is 2. The maximum absolute atomic E-state index is 11.8. The highest BCUT2D eigenvalue weighted by Crippen LogP contribution is 2.26. The van der Waals surface area contributed by atoms with E-state index in [2.05, 4.69) is 33.1 Å². The zero-order chi connectivity index (χ0) is 14.4. The Kier molecular flexibility index (Phi) is 5.57. The molecule has 1 aromatic carbocycles. The number of hydrogen-bond acceptors (Lipinski definition) is 2. The van der Waals surface area contributed by atoms with E-state index in [1.54, 1.807) is 18.2 Å². The van der Waals surface area contributed by atoms with Crippen molar-refractivity contribution in [1.82, 2.24) is 5.32 Å². The van der Waals surface area contributed by atoms with Gasteiger partial charge in [-0.2, -0.15) is 0 Å². The van der Waals surface area contributed by atoms with Gasteiger partial charge in [0.25, 0.3) is 0 Å². The highest BCUT2D eigenvalue weighted by molar-refractivity contribution is 9.10. The summed E-state index contributed by atoms with van der Waals surface area (Å²) >= 11 is 3.22. The van der Waals surface area contributed by atoms with Crippen LogP contribution in [-0.2, 0) is 0 Å². The van der Waals surface area contributed by atoms with E-state index in [0.29, 0.717) is 10.9 Å². The molecule has 6 heteroatoms. The maximum atomic E-state index is 11.8. The fraction of sp³-hybridized carbons (Fsp3) is 0.231. The van der Waals surface area contributed by atoms with Gasteiger partial charge in [-0.05, 0) is 41.4 Å². The Morgan fingerprint density at radius 2 is 2.21 bits per heavy atom. The molecule has 19 heavy (non-hydrogen) atoms. The molecular weight excluding hydrogens is 312 g/mol. The van der Waals surface area contributed by atoms with Crippen molar-refractivity contribution in [3.05, 3.63) is 40.9 Å². The number of aromatic carboxylic acids is 1. The minimum absolute atomic E-state index is 0.0286. The quantitative estimate of drug-likeness (QED) is 0.727. The number of hydrogen-bond donors (Lipinski definition) is 3. The van der Waals surface area contributed by atoms with Crippen LogP contribution in [0.15, 0.2) is 35.3 Å². The van der Waals surface area contributed by atoms with Gasteiger partial charge < -0.3 is 15.7 Å². The molecule has 0 spiro atoms. The molecule has 0 heterocycles. The van der Waals surface area contributed by atoms with Gasteiger partial charge in [0.2, 0.25) is 0 Å². The number of para-hydroxylation sites is 1. The molecule has 0 fully saturated rings. The summed E-state index contributed by atoms with van der Waals surface area (Å²) in [6, 6.07) is 4.15. The smallest absolute Gasteiger partial charge is 0.337 e. The molecular formula is C13H15BrN2O3. The summed E-state index contributed by atoms with van der Waals surface area (Å²) in [4.78, 5) is 22.8. The summed E-state index contributed by atoms with van der Waals surface area (Å²) in [7, 11) is 0. The SMILES string of the molecule is C=CCC(C)NC(=O)Nc1c(Br)cccc1C(=O)O. The lowest BCUT2D eigenvalue weighted by Crippen LogP contribution is -2.36. The van der Waals surface area contributed by atoms with Crippen molar-refractivity contribution in [2.75, 3.05) is 5.32 Å². The Labute approximate surface area is 119 Å². The molecule has 1 atom stereocenters. The Morgan fingerprint density at radius 3 is 2.79 bits per heavy atom. The van der Waals surface area contributed by atoms with Crippen molar-refractivity contribution >= 4 is 33.6 Å². The zero-order valence-corrected chi connectivity index (χ0v) is 12.0. The van der Waals surface area contributed by atoms with E-state index < -0.39 is 12.0 Å². The molecule has 1 aromatic rings. The van der Waals surface area contributed by atoms with Gasteiger partial charge in [-0.15, -0.1) is 6.58 Å². The standard InChI is InChI=1S/C13H15BrN2O3/c1-3-5-8(2)15-13(19)16-11-9(12(17)18)6-4-7-10(11)14/h3-4,6-8H,1,5H2,2H3,(H,17,18)(H2,15,16,19). The van der Waals surface area contributed by atoms with Gasteiger partial charge in [0, 0.05) is 10.5 Å². The summed E-state index contributed by atoms with van der Waals surface area (Å²) in [5.41, 5.74) is 0.263. The largest absolute Gasteiger partial charge is 0.478 e. The van der Waals surface area contributed by atoms with Crippen molar-refractivity contribution in [3.63, 3.8) is 0 Å². The molecule has 0 aromatic heterocycles. The lowest BCUT2D eigenvalue weighted by Gasteiger charge is -2.15. The molecule has 3 N–H and O–H groups in total. The van der Waals surface area contributed by atoms with Gasteiger partial charge in [-0.3, -0.25) is 0 Å². The van der Waals surface area contributed by atoms with Crippen LogP contribution < -0.4 is 10.6 Å². The minimum atomic E-state index is -1.10. The van der Waals surface area contributed by atoms with Crippen LogP contribution in [0.4, 0.5) is 10.5 Å². The number of benzene rings is 1. The lowest BCUT2D eigenvalue weighted by atomic mass is 10.2.